The lowest BCUT2D eigenvalue weighted by molar-refractivity contribution is 0.396. The van der Waals surface area contributed by atoms with E-state index in [2.05, 4.69) is 196 Å². The lowest BCUT2D eigenvalue weighted by Gasteiger charge is -2.45. The highest BCUT2D eigenvalue weighted by Gasteiger charge is 2.56. The van der Waals surface area contributed by atoms with Gasteiger partial charge in [-0.05, 0) is 98.2 Å². The Bertz CT molecular complexity index is 2480. The summed E-state index contributed by atoms with van der Waals surface area (Å²) < 4.78 is 0. The van der Waals surface area contributed by atoms with Gasteiger partial charge >= 0.3 is 0 Å². The number of anilines is 7. The van der Waals surface area contributed by atoms with Crippen molar-refractivity contribution in [2.75, 3.05) is 19.6 Å². The highest BCUT2D eigenvalue weighted by molar-refractivity contribution is 5.92. The Balaban J connectivity index is 1.35. The Morgan fingerprint density at radius 3 is 1.96 bits per heavy atom. The number of hydrogen-bond donors (Lipinski definition) is 0. The average molecular weight is 737 g/mol. The minimum absolute atomic E-state index is 0.123. The fourth-order valence-corrected chi connectivity index (χ4v) is 11.1. The summed E-state index contributed by atoms with van der Waals surface area (Å²) >= 11 is 0. The van der Waals surface area contributed by atoms with Crippen molar-refractivity contribution in [1.29, 1.82) is 0 Å². The van der Waals surface area contributed by atoms with E-state index in [1.165, 1.54) is 39.4 Å². The molecule has 0 N–H and O–H groups in total. The summed E-state index contributed by atoms with van der Waals surface area (Å²) in [5.74, 6) is 2.16. The van der Waals surface area contributed by atoms with Crippen LogP contribution in [0, 0.1) is 12.8 Å². The van der Waals surface area contributed by atoms with E-state index in [4.69, 9.17) is 9.97 Å². The lowest BCUT2D eigenvalue weighted by Crippen LogP contribution is -2.59. The van der Waals surface area contributed by atoms with Crippen LogP contribution in [0.15, 0.2) is 134 Å². The molecule has 6 nitrogen and oxygen atoms in total. The maximum absolute atomic E-state index is 5.86. The fourth-order valence-electron chi connectivity index (χ4n) is 11.1. The summed E-state index contributed by atoms with van der Waals surface area (Å²) in [6, 6.07) is 35.8. The molecular formula is C50H52N6. The molecule has 4 atom stereocenters. The van der Waals surface area contributed by atoms with Gasteiger partial charge in [-0.25, -0.2) is 9.97 Å². The third-order valence-corrected chi connectivity index (χ3v) is 13.2. The molecule has 4 heterocycles. The summed E-state index contributed by atoms with van der Waals surface area (Å²) in [7, 11) is 0. The van der Waals surface area contributed by atoms with Crippen LogP contribution in [0.1, 0.15) is 82.5 Å². The third kappa shape index (κ3) is 4.87. The smallest absolute Gasteiger partial charge is 0.179 e. The molecular weight excluding hydrogens is 685 g/mol. The maximum Gasteiger partial charge on any atom is 0.179 e. The highest BCUT2D eigenvalue weighted by Crippen LogP contribution is 2.59. The summed E-state index contributed by atoms with van der Waals surface area (Å²) in [6.07, 6.45) is 11.6. The summed E-state index contributed by atoms with van der Waals surface area (Å²) in [5.41, 5.74) is 12.6. The Hall–Kier alpha value is -5.62. The zero-order valence-corrected chi connectivity index (χ0v) is 33.8. The van der Waals surface area contributed by atoms with Gasteiger partial charge in [-0.2, -0.15) is 0 Å². The van der Waals surface area contributed by atoms with Gasteiger partial charge in [-0.3, -0.25) is 9.80 Å². The first-order valence-corrected chi connectivity index (χ1v) is 20.4. The van der Waals surface area contributed by atoms with Crippen LogP contribution in [0.5, 0.6) is 0 Å². The van der Waals surface area contributed by atoms with Gasteiger partial charge in [0.1, 0.15) is 0 Å². The van der Waals surface area contributed by atoms with Gasteiger partial charge < -0.3 is 9.80 Å². The Morgan fingerprint density at radius 1 is 0.696 bits per heavy atom. The van der Waals surface area contributed by atoms with Crippen LogP contribution in [-0.2, 0) is 22.7 Å². The molecule has 0 spiro atoms. The molecule has 5 aromatic rings. The van der Waals surface area contributed by atoms with E-state index in [0.717, 1.165) is 53.7 Å². The predicted molar refractivity (Wildman–Crippen MR) is 232 cm³/mol. The topological polar surface area (TPSA) is 38.7 Å². The normalized spacial score (nSPS) is 26.2. The van der Waals surface area contributed by atoms with Crippen molar-refractivity contribution in [3.05, 3.63) is 162 Å². The highest BCUT2D eigenvalue weighted by atomic mass is 15.6. The first-order chi connectivity index (χ1) is 27.0. The molecule has 0 radical (unpaired) electrons. The van der Waals surface area contributed by atoms with E-state index in [1.54, 1.807) is 0 Å². The Morgan fingerprint density at radius 2 is 1.30 bits per heavy atom. The second kappa shape index (κ2) is 12.2. The molecule has 4 bridgehead atoms. The first kappa shape index (κ1) is 34.8. The van der Waals surface area contributed by atoms with Crippen molar-refractivity contribution in [3.8, 4) is 0 Å². The summed E-state index contributed by atoms with van der Waals surface area (Å²) in [5, 5.41) is 0. The lowest BCUT2D eigenvalue weighted by atomic mass is 9.74. The Kier molecular flexibility index (Phi) is 7.58. The molecule has 1 aromatic heterocycles. The number of aromatic nitrogens is 2. The van der Waals surface area contributed by atoms with Crippen LogP contribution in [0.2, 0.25) is 0 Å². The van der Waals surface area contributed by atoms with Crippen LogP contribution >= 0.6 is 0 Å². The van der Waals surface area contributed by atoms with Gasteiger partial charge in [0.05, 0.1) is 22.8 Å². The Labute approximate surface area is 332 Å². The van der Waals surface area contributed by atoms with E-state index >= 15 is 0 Å². The van der Waals surface area contributed by atoms with E-state index in [1.807, 2.05) is 0 Å². The van der Waals surface area contributed by atoms with Crippen molar-refractivity contribution in [1.82, 2.24) is 9.97 Å². The van der Waals surface area contributed by atoms with Crippen molar-refractivity contribution >= 4 is 40.1 Å². The molecule has 0 fully saturated rings. The standard InChI is InChI=1S/C50H52N6/c1-9-35-26-24-32(3)29-50(10-2)30-34-25-27-39(37(50)28-34)56-45-44(51-42-43(52-45)49(7,8)31-48(42,5)6)54(35)47(56)46-53(36-19-12-11-13-20-36)40-22-16-17-23-41(40)55(46)38-21-15-14-18-33(38)4/h9-28,32,46-47H,2,29-31H2,1,3-8H3/b26-24-,35-9?. The molecule has 0 saturated heterocycles. The molecule has 0 amide bonds. The quantitative estimate of drug-likeness (QED) is 0.171. The molecule has 282 valence electrons. The van der Waals surface area contributed by atoms with Gasteiger partial charge in [0.15, 0.2) is 24.0 Å². The van der Waals surface area contributed by atoms with Gasteiger partial charge in [-0.15, -0.1) is 6.58 Å². The van der Waals surface area contributed by atoms with Crippen LogP contribution < -0.4 is 19.6 Å². The van der Waals surface area contributed by atoms with Crippen molar-refractivity contribution in [3.63, 3.8) is 0 Å². The number of para-hydroxylation sites is 4. The summed E-state index contributed by atoms with van der Waals surface area (Å²) in [6.45, 7) is 20.7. The maximum atomic E-state index is 5.86. The third-order valence-electron chi connectivity index (χ3n) is 13.2. The van der Waals surface area contributed by atoms with Gasteiger partial charge in [0.25, 0.3) is 0 Å². The molecule has 4 aromatic carbocycles. The van der Waals surface area contributed by atoms with Crippen molar-refractivity contribution < 1.29 is 0 Å². The minimum Gasteiger partial charge on any atom is -0.314 e. The number of benzene rings is 4. The van der Waals surface area contributed by atoms with E-state index in [9.17, 15) is 0 Å². The number of aryl methyl sites for hydroxylation is 1. The molecule has 56 heavy (non-hydrogen) atoms. The second-order valence-corrected chi connectivity index (χ2v) is 18.1. The predicted octanol–water partition coefficient (Wildman–Crippen LogP) is 11.8. The molecule has 2 aliphatic carbocycles. The number of allylic oxidation sites excluding steroid dienone is 4. The van der Waals surface area contributed by atoms with Crippen LogP contribution in [-0.4, -0.2) is 22.3 Å². The van der Waals surface area contributed by atoms with Gasteiger partial charge in [0.2, 0.25) is 0 Å². The van der Waals surface area contributed by atoms with Gasteiger partial charge in [-0.1, -0.05) is 114 Å². The summed E-state index contributed by atoms with van der Waals surface area (Å²) in [4.78, 5) is 21.9. The van der Waals surface area contributed by atoms with Crippen LogP contribution in [0.4, 0.5) is 40.1 Å². The zero-order chi connectivity index (χ0) is 38.7. The minimum atomic E-state index is -0.305. The number of hydrogen-bond acceptors (Lipinski definition) is 6. The molecule has 6 heteroatoms. The monoisotopic (exact) mass is 736 g/mol. The average Bonchev–Trinajstić information content (AvgIpc) is 3.84. The molecule has 4 unspecified atom stereocenters. The molecule has 10 rings (SSSR count). The number of fused-ring (bicyclic) bond motifs is 9. The second-order valence-electron chi connectivity index (χ2n) is 18.1. The molecule has 3 aliphatic heterocycles. The first-order valence-electron chi connectivity index (χ1n) is 20.4. The SMILES string of the molecule is C=CC12Cc3ccc(c1c3)N1c3nc4c(nc3N(C(=CC)/C=C\C(C)C2)C1C1N(c2ccccc2)c2ccccc2N1c1ccccc1C)C(C)(C)CC4(C)C. The van der Waals surface area contributed by atoms with Crippen molar-refractivity contribution in [2.24, 2.45) is 5.92 Å². The zero-order valence-electron chi connectivity index (χ0n) is 33.8. The van der Waals surface area contributed by atoms with Gasteiger partial charge in [0, 0.05) is 39.0 Å². The number of nitrogens with zero attached hydrogens (tertiary/aromatic N) is 6. The largest absolute Gasteiger partial charge is 0.314 e. The number of rotatable bonds is 4. The fraction of sp³-hybridized carbons (Fsp3) is 0.320. The van der Waals surface area contributed by atoms with E-state index in [-0.39, 0.29) is 28.6 Å². The van der Waals surface area contributed by atoms with E-state index in [0.29, 0.717) is 5.92 Å². The van der Waals surface area contributed by atoms with E-state index < -0.39 is 0 Å². The van der Waals surface area contributed by atoms with Crippen molar-refractivity contribution in [2.45, 2.75) is 96.3 Å². The van der Waals surface area contributed by atoms with Crippen LogP contribution in [0.3, 0.4) is 0 Å². The molecule has 5 aliphatic rings. The molecule has 0 saturated carbocycles. The van der Waals surface area contributed by atoms with Crippen LogP contribution in [0.25, 0.3) is 0 Å².